The van der Waals surface area contributed by atoms with Gasteiger partial charge in [0.05, 0.1) is 10.5 Å². The molecule has 0 spiro atoms. The standard InChI is InChI=1S/C14H21NO3S/c1-3-12-4-6-13(7-5-12)19(17,18)15-10-8-14(2,16)9-11-15/h4-7,16H,3,8-11H2,1-2H3. The molecule has 0 bridgehead atoms. The van der Waals surface area contributed by atoms with Crippen molar-refractivity contribution < 1.29 is 13.5 Å². The molecule has 1 aromatic carbocycles. The van der Waals surface area contributed by atoms with Crippen molar-refractivity contribution in [1.29, 1.82) is 0 Å². The molecule has 0 aliphatic carbocycles. The van der Waals surface area contributed by atoms with Crippen molar-refractivity contribution in [2.24, 2.45) is 0 Å². The highest BCUT2D eigenvalue weighted by Crippen LogP contribution is 2.26. The molecule has 106 valence electrons. The highest BCUT2D eigenvalue weighted by Gasteiger charge is 2.33. The molecule has 1 aromatic rings. The fraction of sp³-hybridized carbons (Fsp3) is 0.571. The van der Waals surface area contributed by atoms with Gasteiger partial charge in [-0.3, -0.25) is 0 Å². The number of hydrogen-bond donors (Lipinski definition) is 1. The number of piperidine rings is 1. The van der Waals surface area contributed by atoms with E-state index in [9.17, 15) is 13.5 Å². The van der Waals surface area contributed by atoms with E-state index in [1.54, 1.807) is 19.1 Å². The third-order valence-electron chi connectivity index (χ3n) is 3.77. The molecular weight excluding hydrogens is 262 g/mol. The van der Waals surface area contributed by atoms with Gasteiger partial charge in [-0.1, -0.05) is 19.1 Å². The van der Waals surface area contributed by atoms with E-state index in [1.807, 2.05) is 19.1 Å². The summed E-state index contributed by atoms with van der Waals surface area (Å²) in [4.78, 5) is 0.339. The minimum Gasteiger partial charge on any atom is -0.390 e. The lowest BCUT2D eigenvalue weighted by Gasteiger charge is -2.34. The number of rotatable bonds is 3. The predicted octanol–water partition coefficient (Wildman–Crippen LogP) is 1.78. The summed E-state index contributed by atoms with van der Waals surface area (Å²) in [6, 6.07) is 7.04. The second kappa shape index (κ2) is 5.23. The van der Waals surface area contributed by atoms with E-state index in [-0.39, 0.29) is 0 Å². The van der Waals surface area contributed by atoms with Crippen LogP contribution in [0.3, 0.4) is 0 Å². The maximum absolute atomic E-state index is 12.4. The number of aryl methyl sites for hydroxylation is 1. The van der Waals surface area contributed by atoms with Crippen LogP contribution in [0.15, 0.2) is 29.2 Å². The second-order valence-electron chi connectivity index (χ2n) is 5.40. The number of sulfonamides is 1. The fourth-order valence-corrected chi connectivity index (χ4v) is 3.70. The zero-order chi connectivity index (χ0) is 14.1. The van der Waals surface area contributed by atoms with Crippen LogP contribution in [0.2, 0.25) is 0 Å². The summed E-state index contributed by atoms with van der Waals surface area (Å²) < 4.78 is 26.3. The van der Waals surface area contributed by atoms with Gasteiger partial charge in [-0.2, -0.15) is 4.31 Å². The molecule has 0 aromatic heterocycles. The Labute approximate surface area is 115 Å². The largest absolute Gasteiger partial charge is 0.390 e. The van der Waals surface area contributed by atoms with Crippen LogP contribution in [-0.2, 0) is 16.4 Å². The van der Waals surface area contributed by atoms with Crippen LogP contribution >= 0.6 is 0 Å². The maximum Gasteiger partial charge on any atom is 0.243 e. The van der Waals surface area contributed by atoms with Crippen molar-refractivity contribution in [3.8, 4) is 0 Å². The molecule has 1 aliphatic rings. The highest BCUT2D eigenvalue weighted by molar-refractivity contribution is 7.89. The van der Waals surface area contributed by atoms with Gasteiger partial charge in [0.25, 0.3) is 0 Å². The van der Waals surface area contributed by atoms with Gasteiger partial charge in [0, 0.05) is 13.1 Å². The van der Waals surface area contributed by atoms with Gasteiger partial charge in [-0.15, -0.1) is 0 Å². The summed E-state index contributed by atoms with van der Waals surface area (Å²) in [5.41, 5.74) is 0.387. The Bertz CT molecular complexity index is 524. The molecular formula is C14H21NO3S. The number of nitrogens with zero attached hydrogens (tertiary/aromatic N) is 1. The maximum atomic E-state index is 12.4. The molecule has 19 heavy (non-hydrogen) atoms. The highest BCUT2D eigenvalue weighted by atomic mass is 32.2. The van der Waals surface area contributed by atoms with E-state index >= 15 is 0 Å². The van der Waals surface area contributed by atoms with Gasteiger partial charge in [0.2, 0.25) is 10.0 Å². The van der Waals surface area contributed by atoms with Crippen LogP contribution in [0.1, 0.15) is 32.3 Å². The Kier molecular flexibility index (Phi) is 3.99. The molecule has 0 radical (unpaired) electrons. The lowest BCUT2D eigenvalue weighted by Crippen LogP contribution is -2.45. The quantitative estimate of drug-likeness (QED) is 0.920. The molecule has 0 amide bonds. The van der Waals surface area contributed by atoms with Gasteiger partial charge in [-0.25, -0.2) is 8.42 Å². The summed E-state index contributed by atoms with van der Waals surface area (Å²) >= 11 is 0. The van der Waals surface area contributed by atoms with Crippen LogP contribution in [0.25, 0.3) is 0 Å². The van der Waals surface area contributed by atoms with Crippen molar-refractivity contribution in [2.45, 2.75) is 43.6 Å². The topological polar surface area (TPSA) is 57.6 Å². The molecule has 1 fully saturated rings. The molecule has 1 saturated heterocycles. The van der Waals surface area contributed by atoms with Crippen molar-refractivity contribution in [1.82, 2.24) is 4.31 Å². The van der Waals surface area contributed by atoms with Crippen LogP contribution in [0, 0.1) is 0 Å². The Morgan fingerprint density at radius 2 is 1.74 bits per heavy atom. The molecule has 0 atom stereocenters. The Morgan fingerprint density at radius 3 is 2.21 bits per heavy atom. The average Bonchev–Trinajstić information content (AvgIpc) is 2.38. The molecule has 2 rings (SSSR count). The van der Waals surface area contributed by atoms with E-state index in [0.29, 0.717) is 30.8 Å². The minimum atomic E-state index is -3.41. The Balaban J connectivity index is 2.18. The molecule has 4 nitrogen and oxygen atoms in total. The van der Waals surface area contributed by atoms with Gasteiger partial charge < -0.3 is 5.11 Å². The monoisotopic (exact) mass is 283 g/mol. The van der Waals surface area contributed by atoms with Gasteiger partial charge >= 0.3 is 0 Å². The SMILES string of the molecule is CCc1ccc(S(=O)(=O)N2CCC(C)(O)CC2)cc1. The third-order valence-corrected chi connectivity index (χ3v) is 5.68. The molecule has 0 unspecified atom stereocenters. The molecule has 1 aliphatic heterocycles. The smallest absolute Gasteiger partial charge is 0.243 e. The van der Waals surface area contributed by atoms with E-state index in [1.165, 1.54) is 4.31 Å². The number of hydrogen-bond acceptors (Lipinski definition) is 3. The number of benzene rings is 1. The van der Waals surface area contributed by atoms with Crippen LogP contribution in [0.5, 0.6) is 0 Å². The lowest BCUT2D eigenvalue weighted by atomic mass is 9.95. The summed E-state index contributed by atoms with van der Waals surface area (Å²) in [5, 5.41) is 9.88. The second-order valence-corrected chi connectivity index (χ2v) is 7.34. The van der Waals surface area contributed by atoms with E-state index in [0.717, 1.165) is 12.0 Å². The first-order valence-electron chi connectivity index (χ1n) is 6.67. The van der Waals surface area contributed by atoms with Gasteiger partial charge in [0.1, 0.15) is 0 Å². The molecule has 1 N–H and O–H groups in total. The lowest BCUT2D eigenvalue weighted by molar-refractivity contribution is 0.0126. The first kappa shape index (κ1) is 14.5. The van der Waals surface area contributed by atoms with Crippen molar-refractivity contribution in [3.63, 3.8) is 0 Å². The van der Waals surface area contributed by atoms with E-state index in [4.69, 9.17) is 0 Å². The summed E-state index contributed by atoms with van der Waals surface area (Å²) in [7, 11) is -3.41. The van der Waals surface area contributed by atoms with E-state index in [2.05, 4.69) is 0 Å². The van der Waals surface area contributed by atoms with E-state index < -0.39 is 15.6 Å². The van der Waals surface area contributed by atoms with Crippen LogP contribution < -0.4 is 0 Å². The summed E-state index contributed by atoms with van der Waals surface area (Å²) in [5.74, 6) is 0. The zero-order valence-electron chi connectivity index (χ0n) is 11.5. The first-order chi connectivity index (χ1) is 8.85. The predicted molar refractivity (Wildman–Crippen MR) is 74.4 cm³/mol. The Hall–Kier alpha value is -0.910. The van der Waals surface area contributed by atoms with Crippen LogP contribution in [0.4, 0.5) is 0 Å². The average molecular weight is 283 g/mol. The van der Waals surface area contributed by atoms with Crippen molar-refractivity contribution in [2.75, 3.05) is 13.1 Å². The normalized spacial score (nSPS) is 20.4. The molecule has 1 heterocycles. The van der Waals surface area contributed by atoms with Gasteiger partial charge in [-0.05, 0) is 43.9 Å². The van der Waals surface area contributed by atoms with Crippen molar-refractivity contribution >= 4 is 10.0 Å². The fourth-order valence-electron chi connectivity index (χ4n) is 2.25. The number of aliphatic hydroxyl groups is 1. The van der Waals surface area contributed by atoms with Crippen molar-refractivity contribution in [3.05, 3.63) is 29.8 Å². The summed E-state index contributed by atoms with van der Waals surface area (Å²) in [6.07, 6.45) is 1.87. The van der Waals surface area contributed by atoms with Crippen LogP contribution in [-0.4, -0.2) is 36.5 Å². The molecule has 5 heteroatoms. The summed E-state index contributed by atoms with van der Waals surface area (Å²) in [6.45, 7) is 4.55. The first-order valence-corrected chi connectivity index (χ1v) is 8.11. The zero-order valence-corrected chi connectivity index (χ0v) is 12.3. The minimum absolute atomic E-state index is 0.339. The van der Waals surface area contributed by atoms with Gasteiger partial charge in [0.15, 0.2) is 0 Å². The molecule has 0 saturated carbocycles. The third kappa shape index (κ3) is 3.16. The Morgan fingerprint density at radius 1 is 1.21 bits per heavy atom.